The maximum Gasteiger partial charge on any atom is 0.408 e. The van der Waals surface area contributed by atoms with Crippen molar-refractivity contribution in [3.8, 4) is 5.75 Å². The lowest BCUT2D eigenvalue weighted by molar-refractivity contribution is -0.123. The van der Waals surface area contributed by atoms with Crippen LogP contribution in [0.15, 0.2) is 85.1 Å². The van der Waals surface area contributed by atoms with Crippen LogP contribution in [0.1, 0.15) is 16.7 Å². The highest BCUT2D eigenvalue weighted by Gasteiger charge is 2.23. The van der Waals surface area contributed by atoms with E-state index in [1.54, 1.807) is 7.11 Å². The van der Waals surface area contributed by atoms with Gasteiger partial charge in [-0.15, -0.1) is 0 Å². The minimum absolute atomic E-state index is 0.125. The number of alkyl carbamates (subject to hydrolysis) is 1. The van der Waals surface area contributed by atoms with Crippen molar-refractivity contribution in [2.24, 2.45) is 0 Å². The molecule has 1 unspecified atom stereocenters. The van der Waals surface area contributed by atoms with Crippen molar-refractivity contribution in [3.63, 3.8) is 0 Å². The molecule has 174 valence electrons. The zero-order chi connectivity index (χ0) is 23.8. The summed E-state index contributed by atoms with van der Waals surface area (Å²) in [6.45, 7) is 0.452. The molecule has 3 N–H and O–H groups in total. The molecule has 7 heteroatoms. The molecule has 0 saturated carbocycles. The predicted octanol–water partition coefficient (Wildman–Crippen LogP) is 4.33. The largest absolute Gasteiger partial charge is 0.497 e. The molecule has 7 nitrogen and oxygen atoms in total. The van der Waals surface area contributed by atoms with Crippen molar-refractivity contribution in [2.75, 3.05) is 7.11 Å². The summed E-state index contributed by atoms with van der Waals surface area (Å²) in [5, 5.41) is 6.66. The van der Waals surface area contributed by atoms with Gasteiger partial charge in [0.2, 0.25) is 5.91 Å². The molecule has 0 aliphatic rings. The fourth-order valence-electron chi connectivity index (χ4n) is 3.69. The first kappa shape index (κ1) is 22.9. The molecule has 0 aliphatic heterocycles. The van der Waals surface area contributed by atoms with Crippen LogP contribution in [0.2, 0.25) is 0 Å². The van der Waals surface area contributed by atoms with Gasteiger partial charge in [0.05, 0.1) is 7.11 Å². The fourth-order valence-corrected chi connectivity index (χ4v) is 3.69. The van der Waals surface area contributed by atoms with Gasteiger partial charge >= 0.3 is 6.09 Å². The normalized spacial score (nSPS) is 11.6. The van der Waals surface area contributed by atoms with E-state index >= 15 is 0 Å². The lowest BCUT2D eigenvalue weighted by Crippen LogP contribution is -2.48. The molecule has 0 fully saturated rings. The highest BCUT2D eigenvalue weighted by molar-refractivity contribution is 5.88. The number of ether oxygens (including phenoxy) is 2. The summed E-state index contributed by atoms with van der Waals surface area (Å²) in [5.41, 5.74) is 3.70. The molecule has 0 radical (unpaired) electrons. The van der Waals surface area contributed by atoms with Gasteiger partial charge in [0.25, 0.3) is 0 Å². The van der Waals surface area contributed by atoms with E-state index in [1.165, 1.54) is 0 Å². The number of aromatic nitrogens is 1. The van der Waals surface area contributed by atoms with E-state index in [2.05, 4.69) is 15.6 Å². The first-order chi connectivity index (χ1) is 16.6. The van der Waals surface area contributed by atoms with E-state index in [1.807, 2.05) is 85.1 Å². The van der Waals surface area contributed by atoms with Crippen LogP contribution < -0.4 is 15.4 Å². The molecule has 0 bridgehead atoms. The van der Waals surface area contributed by atoms with Crippen molar-refractivity contribution in [1.82, 2.24) is 15.6 Å². The smallest absolute Gasteiger partial charge is 0.408 e. The first-order valence-corrected chi connectivity index (χ1v) is 11.0. The molecule has 4 aromatic rings. The summed E-state index contributed by atoms with van der Waals surface area (Å²) >= 11 is 0. The van der Waals surface area contributed by atoms with E-state index in [0.717, 1.165) is 33.3 Å². The van der Waals surface area contributed by atoms with Crippen molar-refractivity contribution in [2.45, 2.75) is 25.6 Å². The van der Waals surface area contributed by atoms with Crippen LogP contribution in [0.25, 0.3) is 10.9 Å². The lowest BCUT2D eigenvalue weighted by atomic mass is 10.0. The summed E-state index contributed by atoms with van der Waals surface area (Å²) in [6, 6.07) is 23.9. The second-order valence-electron chi connectivity index (χ2n) is 7.89. The summed E-state index contributed by atoms with van der Waals surface area (Å²) in [5.74, 6) is 0.452. The number of carbonyl (C=O) groups is 2. The maximum atomic E-state index is 13.1. The summed E-state index contributed by atoms with van der Waals surface area (Å²) < 4.78 is 10.5. The van der Waals surface area contributed by atoms with E-state index in [-0.39, 0.29) is 12.5 Å². The average Bonchev–Trinajstić information content (AvgIpc) is 3.29. The van der Waals surface area contributed by atoms with E-state index in [0.29, 0.717) is 13.0 Å². The van der Waals surface area contributed by atoms with Crippen LogP contribution in [0.4, 0.5) is 4.79 Å². The van der Waals surface area contributed by atoms with Gasteiger partial charge in [-0.3, -0.25) is 4.79 Å². The lowest BCUT2D eigenvalue weighted by Gasteiger charge is -2.18. The van der Waals surface area contributed by atoms with Crippen LogP contribution in [-0.2, 0) is 29.1 Å². The standard InChI is InChI=1S/C27H27N3O4/c1-33-22-13-11-19(12-14-22)16-29-26(31)25(15-21-17-28-24-10-6-5-9-23(21)24)30-27(32)34-18-20-7-3-2-4-8-20/h2-14,17,25,28H,15-16,18H2,1H3,(H,29,31)(H,30,32). The number of H-pyrrole nitrogens is 1. The van der Waals surface area contributed by atoms with Gasteiger partial charge in [0.1, 0.15) is 18.4 Å². The molecule has 4 rings (SSSR count). The molecule has 3 aromatic carbocycles. The number of rotatable bonds is 9. The summed E-state index contributed by atoms with van der Waals surface area (Å²) in [7, 11) is 1.61. The van der Waals surface area contributed by atoms with Gasteiger partial charge in [0, 0.05) is 30.1 Å². The van der Waals surface area contributed by atoms with Crippen LogP contribution in [0, 0.1) is 0 Å². The Labute approximate surface area is 198 Å². The Hall–Kier alpha value is -4.26. The molecule has 0 saturated heterocycles. The third-order valence-corrected chi connectivity index (χ3v) is 5.55. The highest BCUT2D eigenvalue weighted by Crippen LogP contribution is 2.19. The van der Waals surface area contributed by atoms with Crippen molar-refractivity contribution in [3.05, 3.63) is 102 Å². The van der Waals surface area contributed by atoms with E-state index < -0.39 is 12.1 Å². The fraction of sp³-hybridized carbons (Fsp3) is 0.185. The zero-order valence-electron chi connectivity index (χ0n) is 18.9. The van der Waals surface area contributed by atoms with Crippen molar-refractivity contribution < 1.29 is 19.1 Å². The van der Waals surface area contributed by atoms with Gasteiger partial charge in [0.15, 0.2) is 0 Å². The number of fused-ring (bicyclic) bond motifs is 1. The van der Waals surface area contributed by atoms with Gasteiger partial charge in [-0.05, 0) is 34.9 Å². The second-order valence-corrected chi connectivity index (χ2v) is 7.89. The van der Waals surface area contributed by atoms with Gasteiger partial charge in [-0.2, -0.15) is 0 Å². The maximum absolute atomic E-state index is 13.1. The predicted molar refractivity (Wildman–Crippen MR) is 130 cm³/mol. The Balaban J connectivity index is 1.44. The highest BCUT2D eigenvalue weighted by atomic mass is 16.5. The molecule has 34 heavy (non-hydrogen) atoms. The molecule has 1 atom stereocenters. The molecule has 1 heterocycles. The first-order valence-electron chi connectivity index (χ1n) is 11.0. The average molecular weight is 458 g/mol. The summed E-state index contributed by atoms with van der Waals surface area (Å²) in [4.78, 5) is 28.8. The zero-order valence-corrected chi connectivity index (χ0v) is 18.9. The number of para-hydroxylation sites is 1. The number of aromatic amines is 1. The van der Waals surface area contributed by atoms with Gasteiger partial charge in [-0.1, -0.05) is 60.7 Å². The SMILES string of the molecule is COc1ccc(CNC(=O)C(Cc2c[nH]c3ccccc23)NC(=O)OCc2ccccc2)cc1. The van der Waals surface area contributed by atoms with Crippen LogP contribution in [0.5, 0.6) is 5.75 Å². The van der Waals surface area contributed by atoms with Crippen LogP contribution >= 0.6 is 0 Å². The molecule has 2 amide bonds. The molecular weight excluding hydrogens is 430 g/mol. The third-order valence-electron chi connectivity index (χ3n) is 5.55. The Morgan fingerprint density at radius 2 is 1.65 bits per heavy atom. The number of carbonyl (C=O) groups excluding carboxylic acids is 2. The number of amides is 2. The van der Waals surface area contributed by atoms with E-state index in [4.69, 9.17) is 9.47 Å². The topological polar surface area (TPSA) is 92.5 Å². The molecule has 0 spiro atoms. The number of benzene rings is 3. The minimum atomic E-state index is -0.805. The van der Waals surface area contributed by atoms with E-state index in [9.17, 15) is 9.59 Å². The van der Waals surface area contributed by atoms with Gasteiger partial charge < -0.3 is 25.1 Å². The molecule has 1 aromatic heterocycles. The van der Waals surface area contributed by atoms with Crippen LogP contribution in [-0.4, -0.2) is 30.1 Å². The third kappa shape index (κ3) is 5.95. The van der Waals surface area contributed by atoms with Gasteiger partial charge in [-0.25, -0.2) is 4.79 Å². The number of hydrogen-bond acceptors (Lipinski definition) is 4. The Morgan fingerprint density at radius 3 is 2.41 bits per heavy atom. The van der Waals surface area contributed by atoms with Crippen molar-refractivity contribution >= 4 is 22.9 Å². The number of hydrogen-bond donors (Lipinski definition) is 3. The monoisotopic (exact) mass is 457 g/mol. The Morgan fingerprint density at radius 1 is 0.912 bits per heavy atom. The summed E-state index contributed by atoms with van der Waals surface area (Å²) in [6.07, 6.45) is 1.54. The molecule has 0 aliphatic carbocycles. The number of nitrogens with one attached hydrogen (secondary N) is 3. The van der Waals surface area contributed by atoms with Crippen LogP contribution in [0.3, 0.4) is 0 Å². The van der Waals surface area contributed by atoms with Crippen molar-refractivity contribution in [1.29, 1.82) is 0 Å². The second kappa shape index (κ2) is 11.0. The minimum Gasteiger partial charge on any atom is -0.497 e. The quantitative estimate of drug-likeness (QED) is 0.349. The Kier molecular flexibility index (Phi) is 7.45. The molecular formula is C27H27N3O4. The Bertz CT molecular complexity index is 1240. The number of methoxy groups -OCH3 is 1.